The zero-order chi connectivity index (χ0) is 15.4. The van der Waals surface area contributed by atoms with Gasteiger partial charge in [0.05, 0.1) is 25.5 Å². The number of thiophene rings is 1. The van der Waals surface area contributed by atoms with Gasteiger partial charge in [0.15, 0.2) is 11.5 Å². The number of aliphatic carboxylic acids is 1. The van der Waals surface area contributed by atoms with Crippen molar-refractivity contribution in [1.82, 2.24) is 5.32 Å². The number of nitrogens with one attached hydrogen (secondary N) is 1. The zero-order valence-electron chi connectivity index (χ0n) is 11.6. The van der Waals surface area contributed by atoms with Gasteiger partial charge in [-0.15, -0.1) is 11.3 Å². The lowest BCUT2D eigenvalue weighted by molar-refractivity contribution is -0.136. The number of carboxylic acids is 1. The minimum absolute atomic E-state index is 0.0989. The Morgan fingerprint density at radius 3 is 2.48 bits per heavy atom. The van der Waals surface area contributed by atoms with Crippen molar-refractivity contribution < 1.29 is 24.2 Å². The average molecular weight is 309 g/mol. The highest BCUT2D eigenvalue weighted by Gasteiger charge is 2.13. The first-order chi connectivity index (χ1) is 10.0. The molecule has 21 heavy (non-hydrogen) atoms. The van der Waals surface area contributed by atoms with Crippen LogP contribution in [0.2, 0.25) is 0 Å². The van der Waals surface area contributed by atoms with Crippen LogP contribution in [0.25, 0.3) is 10.1 Å². The number of methoxy groups -OCH3 is 2. The highest BCUT2D eigenvalue weighted by Crippen LogP contribution is 2.36. The third-order valence-corrected chi connectivity index (χ3v) is 3.97. The molecule has 2 rings (SSSR count). The number of carbonyl (C=O) groups excluding carboxylic acids is 1. The van der Waals surface area contributed by atoms with Gasteiger partial charge in [-0.1, -0.05) is 0 Å². The van der Waals surface area contributed by atoms with Crippen molar-refractivity contribution in [3.8, 4) is 11.5 Å². The molecule has 0 aliphatic rings. The molecule has 0 atom stereocenters. The molecule has 1 heterocycles. The topological polar surface area (TPSA) is 84.9 Å². The third kappa shape index (κ3) is 3.43. The molecule has 1 aromatic heterocycles. The Labute approximate surface area is 125 Å². The molecule has 0 aliphatic heterocycles. The second-order valence-electron chi connectivity index (χ2n) is 4.26. The van der Waals surface area contributed by atoms with Gasteiger partial charge in [-0.25, -0.2) is 0 Å². The van der Waals surface area contributed by atoms with E-state index in [0.29, 0.717) is 16.4 Å². The maximum atomic E-state index is 11.9. The molecule has 1 aromatic carbocycles. The maximum absolute atomic E-state index is 11.9. The molecule has 1 amide bonds. The predicted octanol–water partition coefficient (Wildman–Crippen LogP) is 2.12. The van der Waals surface area contributed by atoms with Crippen LogP contribution in [0.1, 0.15) is 16.1 Å². The van der Waals surface area contributed by atoms with Crippen molar-refractivity contribution in [2.24, 2.45) is 0 Å². The molecule has 0 fully saturated rings. The van der Waals surface area contributed by atoms with Crippen LogP contribution in [0, 0.1) is 0 Å². The summed E-state index contributed by atoms with van der Waals surface area (Å²) in [5.41, 5.74) is 0. The summed E-state index contributed by atoms with van der Waals surface area (Å²) < 4.78 is 11.3. The monoisotopic (exact) mass is 309 g/mol. The van der Waals surface area contributed by atoms with Crippen LogP contribution < -0.4 is 14.8 Å². The van der Waals surface area contributed by atoms with Gasteiger partial charge in [0.2, 0.25) is 0 Å². The van der Waals surface area contributed by atoms with Crippen LogP contribution in [-0.2, 0) is 4.79 Å². The minimum atomic E-state index is -0.943. The smallest absolute Gasteiger partial charge is 0.305 e. The summed E-state index contributed by atoms with van der Waals surface area (Å²) in [5, 5.41) is 12.0. The fourth-order valence-electron chi connectivity index (χ4n) is 1.85. The number of fused-ring (bicyclic) bond motifs is 1. The van der Waals surface area contributed by atoms with Gasteiger partial charge in [-0.3, -0.25) is 9.59 Å². The van der Waals surface area contributed by atoms with Crippen molar-refractivity contribution >= 4 is 33.3 Å². The van der Waals surface area contributed by atoms with Crippen LogP contribution in [0.3, 0.4) is 0 Å². The summed E-state index contributed by atoms with van der Waals surface area (Å²) in [6, 6.07) is 5.36. The first-order valence-electron chi connectivity index (χ1n) is 6.20. The number of ether oxygens (including phenoxy) is 2. The van der Waals surface area contributed by atoms with E-state index in [4.69, 9.17) is 14.6 Å². The Hall–Kier alpha value is -2.28. The molecule has 0 bridgehead atoms. The van der Waals surface area contributed by atoms with Gasteiger partial charge in [0, 0.05) is 17.3 Å². The molecule has 0 aliphatic carbocycles. The summed E-state index contributed by atoms with van der Waals surface area (Å²) in [5.74, 6) is -0.0261. The van der Waals surface area contributed by atoms with Crippen molar-refractivity contribution in [2.45, 2.75) is 6.42 Å². The normalized spacial score (nSPS) is 10.4. The summed E-state index contributed by atoms with van der Waals surface area (Å²) >= 11 is 1.32. The van der Waals surface area contributed by atoms with Gasteiger partial charge in [0.25, 0.3) is 5.91 Å². The highest BCUT2D eigenvalue weighted by atomic mass is 32.1. The van der Waals surface area contributed by atoms with Gasteiger partial charge in [-0.05, 0) is 17.5 Å². The highest BCUT2D eigenvalue weighted by molar-refractivity contribution is 7.20. The average Bonchev–Trinajstić information content (AvgIpc) is 2.87. The van der Waals surface area contributed by atoms with Gasteiger partial charge in [-0.2, -0.15) is 0 Å². The lowest BCUT2D eigenvalue weighted by Gasteiger charge is -2.06. The van der Waals surface area contributed by atoms with Gasteiger partial charge >= 0.3 is 5.97 Å². The minimum Gasteiger partial charge on any atom is -0.493 e. The second kappa shape index (κ2) is 6.45. The largest absolute Gasteiger partial charge is 0.493 e. The fraction of sp³-hybridized carbons (Fsp3) is 0.286. The molecule has 0 saturated heterocycles. The van der Waals surface area contributed by atoms with Crippen LogP contribution in [-0.4, -0.2) is 37.7 Å². The van der Waals surface area contributed by atoms with E-state index in [1.165, 1.54) is 11.3 Å². The summed E-state index contributed by atoms with van der Waals surface area (Å²) in [6.45, 7) is 0.106. The predicted molar refractivity (Wildman–Crippen MR) is 79.5 cm³/mol. The molecule has 0 saturated carbocycles. The van der Waals surface area contributed by atoms with Crippen molar-refractivity contribution in [1.29, 1.82) is 0 Å². The van der Waals surface area contributed by atoms with E-state index < -0.39 is 5.97 Å². The van der Waals surface area contributed by atoms with Crippen LogP contribution in [0.4, 0.5) is 0 Å². The van der Waals surface area contributed by atoms with Crippen molar-refractivity contribution in [3.05, 3.63) is 23.1 Å². The molecular formula is C14H15NO5S. The first kappa shape index (κ1) is 15.1. The van der Waals surface area contributed by atoms with E-state index in [-0.39, 0.29) is 18.9 Å². The van der Waals surface area contributed by atoms with E-state index >= 15 is 0 Å². The van der Waals surface area contributed by atoms with E-state index in [2.05, 4.69) is 5.32 Å². The third-order valence-electron chi connectivity index (χ3n) is 2.87. The Balaban J connectivity index is 2.22. The summed E-state index contributed by atoms with van der Waals surface area (Å²) in [4.78, 5) is 22.9. The van der Waals surface area contributed by atoms with Crippen LogP contribution >= 0.6 is 11.3 Å². The van der Waals surface area contributed by atoms with Crippen LogP contribution in [0.15, 0.2) is 18.2 Å². The lowest BCUT2D eigenvalue weighted by atomic mass is 10.2. The number of carbonyl (C=O) groups is 2. The molecule has 6 nitrogen and oxygen atoms in total. The number of hydrogen-bond donors (Lipinski definition) is 2. The lowest BCUT2D eigenvalue weighted by Crippen LogP contribution is -2.25. The Kier molecular flexibility index (Phi) is 4.64. The molecule has 0 unspecified atom stereocenters. The molecule has 2 aromatic rings. The SMILES string of the molecule is COc1cc2cc(C(=O)NCCC(=O)O)sc2cc1OC. The molecular weight excluding hydrogens is 294 g/mol. The number of hydrogen-bond acceptors (Lipinski definition) is 5. The standard InChI is InChI=1S/C14H15NO5S/c1-19-9-5-8-6-12(14(18)15-4-3-13(16)17)21-11(8)7-10(9)20-2/h5-7H,3-4H2,1-2H3,(H,15,18)(H,16,17). The number of amides is 1. The van der Waals surface area contributed by atoms with E-state index in [0.717, 1.165) is 10.1 Å². The van der Waals surface area contributed by atoms with Crippen molar-refractivity contribution in [2.75, 3.05) is 20.8 Å². The summed E-state index contributed by atoms with van der Waals surface area (Å²) in [6.07, 6.45) is -0.0989. The molecule has 112 valence electrons. The van der Waals surface area contributed by atoms with E-state index in [1.807, 2.05) is 6.07 Å². The first-order valence-corrected chi connectivity index (χ1v) is 7.02. The number of rotatable bonds is 6. The van der Waals surface area contributed by atoms with E-state index in [1.54, 1.807) is 26.4 Å². The second-order valence-corrected chi connectivity index (χ2v) is 5.34. The van der Waals surface area contributed by atoms with Gasteiger partial charge < -0.3 is 19.9 Å². The molecule has 2 N–H and O–H groups in total. The Morgan fingerprint density at radius 1 is 1.19 bits per heavy atom. The van der Waals surface area contributed by atoms with Crippen LogP contribution in [0.5, 0.6) is 11.5 Å². The maximum Gasteiger partial charge on any atom is 0.305 e. The quantitative estimate of drug-likeness (QED) is 0.854. The van der Waals surface area contributed by atoms with E-state index in [9.17, 15) is 9.59 Å². The molecule has 0 radical (unpaired) electrons. The molecule has 0 spiro atoms. The Bertz CT molecular complexity index is 638. The molecule has 7 heteroatoms. The van der Waals surface area contributed by atoms with Gasteiger partial charge in [0.1, 0.15) is 0 Å². The Morgan fingerprint density at radius 2 is 1.86 bits per heavy atom. The summed E-state index contributed by atoms with van der Waals surface area (Å²) in [7, 11) is 3.10. The number of benzene rings is 1. The fourth-order valence-corrected chi connectivity index (χ4v) is 2.84. The zero-order valence-corrected chi connectivity index (χ0v) is 12.5. The number of carboxylic acid groups (broad SMARTS) is 1. The van der Waals surface area contributed by atoms with Crippen molar-refractivity contribution in [3.63, 3.8) is 0 Å².